The van der Waals surface area contributed by atoms with Crippen molar-refractivity contribution in [3.05, 3.63) is 90.0 Å². The molecule has 1 aliphatic carbocycles. The van der Waals surface area contributed by atoms with Crippen molar-refractivity contribution in [1.82, 2.24) is 0 Å². The van der Waals surface area contributed by atoms with Crippen molar-refractivity contribution >= 4 is 0 Å². The van der Waals surface area contributed by atoms with E-state index in [9.17, 15) is 0 Å². The van der Waals surface area contributed by atoms with Crippen molar-refractivity contribution in [1.29, 1.82) is 0 Å². The number of hydrogen-bond donors (Lipinski definition) is 0. The molecule has 0 aromatic heterocycles. The van der Waals surface area contributed by atoms with Gasteiger partial charge in [0.05, 0.1) is 7.11 Å². The summed E-state index contributed by atoms with van der Waals surface area (Å²) >= 11 is 0. The van der Waals surface area contributed by atoms with Crippen molar-refractivity contribution in [2.75, 3.05) is 7.11 Å². The van der Waals surface area contributed by atoms with Crippen LogP contribution < -0.4 is 4.74 Å². The maximum Gasteiger partial charge on any atom is 0.119 e. The second-order valence-corrected chi connectivity index (χ2v) is 10.7. The predicted octanol–water partition coefficient (Wildman–Crippen LogP) is 9.78. The molecule has 0 saturated heterocycles. The van der Waals surface area contributed by atoms with Gasteiger partial charge in [-0.15, -0.1) is 0 Å². The highest BCUT2D eigenvalue weighted by atomic mass is 16.5. The Morgan fingerprint density at radius 1 is 0.771 bits per heavy atom. The van der Waals surface area contributed by atoms with Gasteiger partial charge in [-0.25, -0.2) is 0 Å². The SMILES string of the molecule is CCCCCC1(c2cccc(OC)c2)CCC(CCCCc2ccc(-c3ccccc3)cc2)CC1. The van der Waals surface area contributed by atoms with Crippen LogP contribution in [0.2, 0.25) is 0 Å². The van der Waals surface area contributed by atoms with Gasteiger partial charge in [0.15, 0.2) is 0 Å². The minimum absolute atomic E-state index is 0.362. The lowest BCUT2D eigenvalue weighted by Gasteiger charge is -2.41. The van der Waals surface area contributed by atoms with Gasteiger partial charge in [0.1, 0.15) is 5.75 Å². The number of rotatable bonds is 12. The fourth-order valence-electron chi connectivity index (χ4n) is 6.12. The summed E-state index contributed by atoms with van der Waals surface area (Å²) in [5.41, 5.74) is 5.97. The summed E-state index contributed by atoms with van der Waals surface area (Å²) < 4.78 is 5.57. The van der Waals surface area contributed by atoms with Gasteiger partial charge >= 0.3 is 0 Å². The van der Waals surface area contributed by atoms with E-state index >= 15 is 0 Å². The van der Waals surface area contributed by atoms with Gasteiger partial charge in [0.25, 0.3) is 0 Å². The first-order chi connectivity index (χ1) is 17.2. The molecule has 0 heterocycles. The summed E-state index contributed by atoms with van der Waals surface area (Å²) in [5.74, 6) is 1.91. The molecule has 1 aliphatic rings. The maximum absolute atomic E-state index is 5.57. The standard InChI is InChI=1S/C34H44O/c1-3-4-10-24-34(32-16-11-17-33(27-32)35-2)25-22-29(23-26-34)13-9-8-12-28-18-20-31(21-19-28)30-14-6-5-7-15-30/h5-7,11,14-21,27,29H,3-4,8-10,12-13,22-26H2,1-2H3. The van der Waals surface area contributed by atoms with Crippen LogP contribution in [0.5, 0.6) is 5.75 Å². The average molecular weight is 469 g/mol. The van der Waals surface area contributed by atoms with E-state index in [1.54, 1.807) is 7.11 Å². The monoisotopic (exact) mass is 468 g/mol. The lowest BCUT2D eigenvalue weighted by molar-refractivity contribution is 0.202. The average Bonchev–Trinajstić information content (AvgIpc) is 2.93. The number of ether oxygens (including phenoxy) is 1. The first-order valence-electron chi connectivity index (χ1n) is 14.0. The van der Waals surface area contributed by atoms with Crippen LogP contribution in [-0.4, -0.2) is 7.11 Å². The first-order valence-corrected chi connectivity index (χ1v) is 14.0. The fourth-order valence-corrected chi connectivity index (χ4v) is 6.12. The molecule has 1 saturated carbocycles. The molecule has 35 heavy (non-hydrogen) atoms. The molecule has 0 aliphatic heterocycles. The van der Waals surface area contributed by atoms with Crippen LogP contribution in [0.4, 0.5) is 0 Å². The fraction of sp³-hybridized carbons (Fsp3) is 0.471. The van der Waals surface area contributed by atoms with E-state index in [1.165, 1.54) is 99.3 Å². The summed E-state index contributed by atoms with van der Waals surface area (Å²) in [7, 11) is 1.79. The summed E-state index contributed by atoms with van der Waals surface area (Å²) in [4.78, 5) is 0. The third kappa shape index (κ3) is 7.00. The Kier molecular flexibility index (Phi) is 9.46. The van der Waals surface area contributed by atoms with Gasteiger partial charge in [-0.1, -0.05) is 106 Å². The molecule has 0 amide bonds. The highest BCUT2D eigenvalue weighted by molar-refractivity contribution is 5.63. The highest BCUT2D eigenvalue weighted by Gasteiger charge is 2.36. The van der Waals surface area contributed by atoms with Gasteiger partial charge in [-0.2, -0.15) is 0 Å². The normalized spacial score (nSPS) is 20.0. The molecular weight excluding hydrogens is 424 g/mol. The van der Waals surface area contributed by atoms with E-state index in [2.05, 4.69) is 85.8 Å². The van der Waals surface area contributed by atoms with Crippen LogP contribution in [-0.2, 0) is 11.8 Å². The molecule has 1 nitrogen and oxygen atoms in total. The van der Waals surface area contributed by atoms with Crippen LogP contribution in [0.3, 0.4) is 0 Å². The Labute approximate surface area is 213 Å². The van der Waals surface area contributed by atoms with Crippen LogP contribution in [0.25, 0.3) is 11.1 Å². The Morgan fingerprint density at radius 3 is 2.23 bits per heavy atom. The lowest BCUT2D eigenvalue weighted by Crippen LogP contribution is -2.32. The molecule has 0 atom stereocenters. The molecule has 0 N–H and O–H groups in total. The largest absolute Gasteiger partial charge is 0.497 e. The molecule has 3 aromatic rings. The van der Waals surface area contributed by atoms with Crippen LogP contribution in [0.15, 0.2) is 78.9 Å². The molecule has 1 heteroatoms. The lowest BCUT2D eigenvalue weighted by atomic mass is 9.63. The Bertz CT molecular complexity index is 996. The summed E-state index contributed by atoms with van der Waals surface area (Å²) in [6, 6.07) is 28.8. The zero-order chi connectivity index (χ0) is 24.3. The van der Waals surface area contributed by atoms with E-state index in [4.69, 9.17) is 4.74 Å². The molecule has 0 radical (unpaired) electrons. The molecule has 4 rings (SSSR count). The minimum atomic E-state index is 0.362. The first kappa shape index (κ1) is 25.5. The van der Waals surface area contributed by atoms with Gasteiger partial charge in [-0.3, -0.25) is 0 Å². The predicted molar refractivity (Wildman–Crippen MR) is 150 cm³/mol. The van der Waals surface area contributed by atoms with Gasteiger partial charge < -0.3 is 4.74 Å². The Morgan fingerprint density at radius 2 is 1.51 bits per heavy atom. The van der Waals surface area contributed by atoms with E-state index in [0.29, 0.717) is 5.41 Å². The molecule has 0 unspecified atom stereocenters. The number of unbranched alkanes of at least 4 members (excludes halogenated alkanes) is 3. The van der Waals surface area contributed by atoms with Gasteiger partial charge in [-0.05, 0) is 90.7 Å². The van der Waals surface area contributed by atoms with Crippen LogP contribution in [0.1, 0.15) is 88.7 Å². The zero-order valence-electron chi connectivity index (χ0n) is 22.0. The number of methoxy groups -OCH3 is 1. The third-order valence-electron chi connectivity index (χ3n) is 8.39. The Balaban J connectivity index is 1.25. The van der Waals surface area contributed by atoms with Crippen LogP contribution in [0, 0.1) is 5.92 Å². The molecule has 0 spiro atoms. The quantitative estimate of drug-likeness (QED) is 0.240. The number of hydrogen-bond acceptors (Lipinski definition) is 1. The van der Waals surface area contributed by atoms with Crippen LogP contribution >= 0.6 is 0 Å². The van der Waals surface area contributed by atoms with E-state index in [-0.39, 0.29) is 0 Å². The third-order valence-corrected chi connectivity index (χ3v) is 8.39. The van der Waals surface area contributed by atoms with Crippen molar-refractivity contribution in [2.45, 2.75) is 89.4 Å². The van der Waals surface area contributed by atoms with Gasteiger partial charge in [0, 0.05) is 0 Å². The number of benzene rings is 3. The summed E-state index contributed by atoms with van der Waals surface area (Å²) in [6.07, 6.45) is 16.0. The number of aryl methyl sites for hydroxylation is 1. The smallest absolute Gasteiger partial charge is 0.119 e. The molecule has 186 valence electrons. The molecule has 3 aromatic carbocycles. The highest BCUT2D eigenvalue weighted by Crippen LogP contribution is 2.47. The molecule has 1 fully saturated rings. The Hall–Kier alpha value is -2.54. The van der Waals surface area contributed by atoms with Crippen molar-refractivity contribution < 1.29 is 4.74 Å². The zero-order valence-corrected chi connectivity index (χ0v) is 22.0. The van der Waals surface area contributed by atoms with Gasteiger partial charge in [0.2, 0.25) is 0 Å². The molecule has 0 bridgehead atoms. The maximum atomic E-state index is 5.57. The van der Waals surface area contributed by atoms with E-state index < -0.39 is 0 Å². The second-order valence-electron chi connectivity index (χ2n) is 10.7. The second kappa shape index (κ2) is 13.0. The summed E-state index contributed by atoms with van der Waals surface area (Å²) in [6.45, 7) is 2.31. The van der Waals surface area contributed by atoms with Crippen molar-refractivity contribution in [3.63, 3.8) is 0 Å². The minimum Gasteiger partial charge on any atom is -0.497 e. The summed E-state index contributed by atoms with van der Waals surface area (Å²) in [5, 5.41) is 0. The van der Waals surface area contributed by atoms with Crippen molar-refractivity contribution in [3.8, 4) is 16.9 Å². The molecular formula is C34H44O. The topological polar surface area (TPSA) is 9.23 Å². The van der Waals surface area contributed by atoms with Crippen molar-refractivity contribution in [2.24, 2.45) is 5.92 Å². The van der Waals surface area contributed by atoms with E-state index in [0.717, 1.165) is 11.7 Å². The van der Waals surface area contributed by atoms with E-state index in [1.807, 2.05) is 0 Å².